The summed E-state index contributed by atoms with van der Waals surface area (Å²) in [7, 11) is 0. The van der Waals surface area contributed by atoms with Crippen molar-refractivity contribution < 1.29 is 4.74 Å². The smallest absolute Gasteiger partial charge is 0.224 e. The predicted molar refractivity (Wildman–Crippen MR) is 62.2 cm³/mol. The van der Waals surface area contributed by atoms with Crippen molar-refractivity contribution in [3.8, 4) is 6.07 Å². The molecule has 0 spiro atoms. The molecule has 3 unspecified atom stereocenters. The molecule has 90 valence electrons. The Morgan fingerprint density at radius 2 is 2.53 bits per heavy atom. The highest BCUT2D eigenvalue weighted by Crippen LogP contribution is 2.25. The summed E-state index contributed by atoms with van der Waals surface area (Å²) in [6.45, 7) is 2.61. The summed E-state index contributed by atoms with van der Waals surface area (Å²) in [5.74, 6) is 0.425. The van der Waals surface area contributed by atoms with Crippen LogP contribution in [-0.4, -0.2) is 34.8 Å². The van der Waals surface area contributed by atoms with Crippen molar-refractivity contribution in [3.63, 3.8) is 0 Å². The molecule has 6 nitrogen and oxygen atoms in total. The first-order valence-corrected chi connectivity index (χ1v) is 5.61. The zero-order valence-electron chi connectivity index (χ0n) is 9.63. The summed E-state index contributed by atoms with van der Waals surface area (Å²) < 4.78 is 5.53. The van der Waals surface area contributed by atoms with Crippen LogP contribution in [0.15, 0.2) is 12.3 Å². The van der Waals surface area contributed by atoms with E-state index in [9.17, 15) is 0 Å². The van der Waals surface area contributed by atoms with E-state index in [1.165, 1.54) is 0 Å². The van der Waals surface area contributed by atoms with Crippen LogP contribution < -0.4 is 11.1 Å². The van der Waals surface area contributed by atoms with E-state index in [1.54, 1.807) is 12.3 Å². The van der Waals surface area contributed by atoms with Crippen molar-refractivity contribution in [2.75, 3.05) is 11.9 Å². The maximum absolute atomic E-state index is 8.74. The van der Waals surface area contributed by atoms with Gasteiger partial charge in [0.25, 0.3) is 0 Å². The Kier molecular flexibility index (Phi) is 3.52. The molecule has 0 amide bonds. The molecule has 1 aliphatic carbocycles. The van der Waals surface area contributed by atoms with Gasteiger partial charge in [0.1, 0.15) is 11.8 Å². The molecule has 0 bridgehead atoms. The van der Waals surface area contributed by atoms with Crippen LogP contribution in [0.1, 0.15) is 19.0 Å². The first-order valence-electron chi connectivity index (χ1n) is 5.61. The molecule has 1 aliphatic rings. The van der Waals surface area contributed by atoms with Crippen molar-refractivity contribution in [2.45, 2.75) is 31.5 Å². The Morgan fingerprint density at radius 3 is 3.18 bits per heavy atom. The summed E-state index contributed by atoms with van der Waals surface area (Å²) in [5, 5.41) is 11.9. The second-order valence-electron chi connectivity index (χ2n) is 3.94. The van der Waals surface area contributed by atoms with Gasteiger partial charge in [0.05, 0.1) is 12.1 Å². The molecule has 0 saturated heterocycles. The molecule has 0 aromatic carbocycles. The minimum atomic E-state index is 0.0175. The van der Waals surface area contributed by atoms with Crippen molar-refractivity contribution >= 4 is 5.95 Å². The zero-order valence-corrected chi connectivity index (χ0v) is 9.63. The van der Waals surface area contributed by atoms with Crippen molar-refractivity contribution in [1.82, 2.24) is 9.97 Å². The highest BCUT2D eigenvalue weighted by molar-refractivity contribution is 5.33. The van der Waals surface area contributed by atoms with Gasteiger partial charge in [-0.1, -0.05) is 0 Å². The standard InChI is InChI=1S/C11H15N5O/c1-2-17-9-5-8(13)10(9)16-11-14-4-3-7(6-12)15-11/h3-4,8-10H,2,5,13H2,1H3,(H,14,15,16). The molecule has 0 radical (unpaired) electrons. The van der Waals surface area contributed by atoms with E-state index >= 15 is 0 Å². The number of nitrogens with two attached hydrogens (primary N) is 1. The van der Waals surface area contributed by atoms with Gasteiger partial charge in [-0.15, -0.1) is 0 Å². The van der Waals surface area contributed by atoms with Gasteiger partial charge < -0.3 is 15.8 Å². The van der Waals surface area contributed by atoms with Crippen molar-refractivity contribution in [1.29, 1.82) is 5.26 Å². The SMILES string of the molecule is CCOC1CC(N)C1Nc1nccc(C#N)n1. The monoisotopic (exact) mass is 233 g/mol. The first kappa shape index (κ1) is 11.8. The number of hydrogen-bond donors (Lipinski definition) is 2. The number of nitrogens with zero attached hydrogens (tertiary/aromatic N) is 3. The number of hydrogen-bond acceptors (Lipinski definition) is 6. The predicted octanol–water partition coefficient (Wildman–Crippen LogP) is 0.265. The molecule has 1 aromatic rings. The van der Waals surface area contributed by atoms with E-state index in [1.807, 2.05) is 13.0 Å². The van der Waals surface area contributed by atoms with E-state index in [0.29, 0.717) is 18.2 Å². The molecule has 1 saturated carbocycles. The van der Waals surface area contributed by atoms with E-state index in [-0.39, 0.29) is 18.2 Å². The summed E-state index contributed by atoms with van der Waals surface area (Å²) in [5.41, 5.74) is 6.24. The summed E-state index contributed by atoms with van der Waals surface area (Å²) in [6.07, 6.45) is 2.49. The second-order valence-corrected chi connectivity index (χ2v) is 3.94. The third-order valence-corrected chi connectivity index (χ3v) is 2.81. The summed E-state index contributed by atoms with van der Waals surface area (Å²) in [4.78, 5) is 8.10. The lowest BCUT2D eigenvalue weighted by Crippen LogP contribution is -2.60. The third-order valence-electron chi connectivity index (χ3n) is 2.81. The van der Waals surface area contributed by atoms with Crippen LogP contribution in [0.2, 0.25) is 0 Å². The van der Waals surface area contributed by atoms with Crippen LogP contribution in [0, 0.1) is 11.3 Å². The second kappa shape index (κ2) is 5.08. The lowest BCUT2D eigenvalue weighted by Gasteiger charge is -2.42. The largest absolute Gasteiger partial charge is 0.376 e. The minimum absolute atomic E-state index is 0.0175. The van der Waals surface area contributed by atoms with Crippen LogP contribution in [-0.2, 0) is 4.74 Å². The Hall–Kier alpha value is -1.71. The van der Waals surface area contributed by atoms with Crippen LogP contribution in [0.3, 0.4) is 0 Å². The molecule has 1 aromatic heterocycles. The fourth-order valence-electron chi connectivity index (χ4n) is 1.87. The Labute approximate surface area is 99.8 Å². The quantitative estimate of drug-likeness (QED) is 0.774. The van der Waals surface area contributed by atoms with Crippen LogP contribution in [0.25, 0.3) is 0 Å². The molecule has 1 heterocycles. The van der Waals surface area contributed by atoms with Crippen LogP contribution in [0.4, 0.5) is 5.95 Å². The topological polar surface area (TPSA) is 96.9 Å². The Morgan fingerprint density at radius 1 is 1.71 bits per heavy atom. The number of nitrogens with one attached hydrogen (secondary N) is 1. The van der Waals surface area contributed by atoms with E-state index in [4.69, 9.17) is 15.7 Å². The fraction of sp³-hybridized carbons (Fsp3) is 0.545. The van der Waals surface area contributed by atoms with Crippen LogP contribution >= 0.6 is 0 Å². The van der Waals surface area contributed by atoms with Gasteiger partial charge in [-0.25, -0.2) is 9.97 Å². The third kappa shape index (κ3) is 2.52. The highest BCUT2D eigenvalue weighted by Gasteiger charge is 2.39. The molecule has 3 atom stereocenters. The van der Waals surface area contributed by atoms with Crippen molar-refractivity contribution in [2.24, 2.45) is 5.73 Å². The average molecular weight is 233 g/mol. The van der Waals surface area contributed by atoms with Gasteiger partial charge in [0.2, 0.25) is 5.95 Å². The number of ether oxygens (including phenoxy) is 1. The van der Waals surface area contributed by atoms with Crippen LogP contribution in [0.5, 0.6) is 0 Å². The number of aromatic nitrogens is 2. The molecule has 17 heavy (non-hydrogen) atoms. The highest BCUT2D eigenvalue weighted by atomic mass is 16.5. The summed E-state index contributed by atoms with van der Waals surface area (Å²) >= 11 is 0. The lowest BCUT2D eigenvalue weighted by atomic mass is 9.83. The number of anilines is 1. The maximum Gasteiger partial charge on any atom is 0.224 e. The van der Waals surface area contributed by atoms with Gasteiger partial charge in [-0.05, 0) is 19.4 Å². The molecule has 1 fully saturated rings. The zero-order chi connectivity index (χ0) is 12.3. The van der Waals surface area contributed by atoms with E-state index < -0.39 is 0 Å². The average Bonchev–Trinajstić information content (AvgIpc) is 2.36. The molecular formula is C11H15N5O. The fourth-order valence-corrected chi connectivity index (χ4v) is 1.87. The van der Waals surface area contributed by atoms with Gasteiger partial charge in [-0.3, -0.25) is 0 Å². The molecule has 2 rings (SSSR count). The van der Waals surface area contributed by atoms with Gasteiger partial charge in [-0.2, -0.15) is 5.26 Å². The van der Waals surface area contributed by atoms with Gasteiger partial charge >= 0.3 is 0 Å². The Balaban J connectivity index is 2.02. The van der Waals surface area contributed by atoms with E-state index in [2.05, 4.69) is 15.3 Å². The first-order chi connectivity index (χ1) is 8.24. The molecular weight excluding hydrogens is 218 g/mol. The Bertz CT molecular complexity index is 428. The molecule has 0 aliphatic heterocycles. The van der Waals surface area contributed by atoms with E-state index in [0.717, 1.165) is 6.42 Å². The maximum atomic E-state index is 8.74. The molecule has 6 heteroatoms. The minimum Gasteiger partial charge on any atom is -0.376 e. The normalized spacial score (nSPS) is 27.0. The summed E-state index contributed by atoms with van der Waals surface area (Å²) in [6, 6.07) is 3.59. The number of rotatable bonds is 4. The number of nitriles is 1. The lowest BCUT2D eigenvalue weighted by molar-refractivity contribution is -0.0128. The molecule has 3 N–H and O–H groups in total. The van der Waals surface area contributed by atoms with Gasteiger partial charge in [0.15, 0.2) is 0 Å². The van der Waals surface area contributed by atoms with Crippen molar-refractivity contribution in [3.05, 3.63) is 18.0 Å². The van der Waals surface area contributed by atoms with Gasteiger partial charge in [0, 0.05) is 18.8 Å².